The Kier molecular flexibility index (Phi) is 4.97. The Morgan fingerprint density at radius 1 is 1.03 bits per heavy atom. The maximum absolute atomic E-state index is 12.8. The molecule has 0 atom stereocenters. The van der Waals surface area contributed by atoms with Crippen molar-refractivity contribution in [3.8, 4) is 22.5 Å². The van der Waals surface area contributed by atoms with Crippen LogP contribution in [0.2, 0.25) is 5.02 Å². The number of ether oxygens (including phenoxy) is 1. The van der Waals surface area contributed by atoms with Gasteiger partial charge < -0.3 is 15.8 Å². The van der Waals surface area contributed by atoms with E-state index in [1.54, 1.807) is 12.3 Å². The minimum absolute atomic E-state index is 0.0489. The molecule has 0 saturated carbocycles. The van der Waals surface area contributed by atoms with E-state index in [0.29, 0.717) is 35.1 Å². The number of halogens is 1. The summed E-state index contributed by atoms with van der Waals surface area (Å²) in [6.07, 6.45) is 1.69. The van der Waals surface area contributed by atoms with Gasteiger partial charge in [-0.25, -0.2) is 9.97 Å². The third-order valence-electron chi connectivity index (χ3n) is 5.09. The molecule has 154 valence electrons. The molecule has 1 amide bonds. The lowest BCUT2D eigenvalue weighted by Gasteiger charge is -2.26. The number of pyridine rings is 1. The Labute approximate surface area is 183 Å². The highest BCUT2D eigenvalue weighted by Crippen LogP contribution is 2.34. The van der Waals surface area contributed by atoms with Crippen molar-refractivity contribution in [3.63, 3.8) is 0 Å². The van der Waals surface area contributed by atoms with E-state index in [0.717, 1.165) is 16.5 Å². The van der Waals surface area contributed by atoms with Crippen LogP contribution in [0.1, 0.15) is 10.5 Å². The zero-order valence-corrected chi connectivity index (χ0v) is 17.1. The van der Waals surface area contributed by atoms with Crippen LogP contribution in [0.3, 0.4) is 0 Å². The molecule has 0 bridgehead atoms. The Morgan fingerprint density at radius 3 is 2.55 bits per heavy atom. The van der Waals surface area contributed by atoms with Gasteiger partial charge in [-0.15, -0.1) is 0 Å². The number of benzene rings is 2. The summed E-state index contributed by atoms with van der Waals surface area (Å²) in [7, 11) is 0. The molecule has 4 aromatic rings. The number of nitrogens with two attached hydrogens (primary N) is 1. The monoisotopic (exact) mass is 431 g/mol. The molecule has 2 aromatic heterocycles. The molecule has 2 aromatic carbocycles. The third kappa shape index (κ3) is 3.69. The van der Waals surface area contributed by atoms with E-state index >= 15 is 0 Å². The lowest BCUT2D eigenvalue weighted by Crippen LogP contribution is -2.48. The fraction of sp³-hybridized carbons (Fsp3) is 0.130. The van der Waals surface area contributed by atoms with E-state index < -0.39 is 0 Å². The van der Waals surface area contributed by atoms with Gasteiger partial charge in [0.05, 0.1) is 41.2 Å². The number of hydrogen-bond donors (Lipinski definition) is 2. The number of aromatic nitrogens is 3. The second-order valence-corrected chi connectivity index (χ2v) is 7.67. The number of hydrogen-bond acceptors (Lipinski definition) is 6. The summed E-state index contributed by atoms with van der Waals surface area (Å²) < 4.78 is 5.12. The fourth-order valence-electron chi connectivity index (χ4n) is 3.47. The normalized spacial score (nSPS) is 13.7. The minimum atomic E-state index is -0.382. The molecule has 1 aliphatic heterocycles. The molecular formula is C23H18ClN5O2. The molecule has 0 radical (unpaired) electrons. The van der Waals surface area contributed by atoms with Crippen molar-refractivity contribution in [1.82, 2.24) is 20.3 Å². The summed E-state index contributed by atoms with van der Waals surface area (Å²) in [4.78, 5) is 26.4. The average molecular weight is 432 g/mol. The third-order valence-corrected chi connectivity index (χ3v) is 5.38. The van der Waals surface area contributed by atoms with Crippen LogP contribution >= 0.6 is 11.6 Å². The largest absolute Gasteiger partial charge is 0.382 e. The zero-order valence-electron chi connectivity index (χ0n) is 16.4. The van der Waals surface area contributed by atoms with E-state index in [1.807, 2.05) is 48.5 Å². The number of fused-ring (bicyclic) bond motifs is 1. The second-order valence-electron chi connectivity index (χ2n) is 7.26. The number of carbonyl (C=O) groups is 1. The zero-order chi connectivity index (χ0) is 21.4. The lowest BCUT2D eigenvalue weighted by atomic mass is 10.0. The maximum atomic E-state index is 12.8. The number of anilines is 1. The van der Waals surface area contributed by atoms with Gasteiger partial charge in [0.15, 0.2) is 11.5 Å². The standard InChI is InChI=1S/C23H18ClN5O2/c24-17-10-15(9-14-7-4-8-26-18(14)17)20-19(13-5-2-1-3-6-13)29-22(25)21(28-20)23(30)27-16-11-31-12-16/h1-10,16H,11-12H2,(H2,25,29)(H,27,30). The highest BCUT2D eigenvalue weighted by Gasteiger charge is 2.25. The number of carbonyl (C=O) groups excluding carboxylic acids is 1. The lowest BCUT2D eigenvalue weighted by molar-refractivity contribution is -0.00353. The molecule has 31 heavy (non-hydrogen) atoms. The van der Waals surface area contributed by atoms with E-state index in [4.69, 9.17) is 22.1 Å². The Bertz CT molecular complexity index is 1290. The predicted molar refractivity (Wildman–Crippen MR) is 120 cm³/mol. The van der Waals surface area contributed by atoms with Crippen molar-refractivity contribution in [2.45, 2.75) is 6.04 Å². The summed E-state index contributed by atoms with van der Waals surface area (Å²) in [6, 6.07) is 17.0. The van der Waals surface area contributed by atoms with Crippen molar-refractivity contribution >= 4 is 34.2 Å². The summed E-state index contributed by atoms with van der Waals surface area (Å²) in [5, 5.41) is 4.22. The van der Waals surface area contributed by atoms with Crippen LogP contribution in [0.15, 0.2) is 60.8 Å². The molecule has 0 aliphatic carbocycles. The second kappa shape index (κ2) is 7.94. The number of nitrogen functional groups attached to an aromatic ring is 1. The molecule has 0 spiro atoms. The fourth-order valence-corrected chi connectivity index (χ4v) is 3.75. The molecule has 3 N–H and O–H groups in total. The average Bonchev–Trinajstić information content (AvgIpc) is 2.76. The van der Waals surface area contributed by atoms with E-state index in [2.05, 4.69) is 20.3 Å². The van der Waals surface area contributed by atoms with Crippen LogP contribution in [0.4, 0.5) is 5.82 Å². The molecule has 8 heteroatoms. The van der Waals surface area contributed by atoms with E-state index in [-0.39, 0.29) is 23.5 Å². The van der Waals surface area contributed by atoms with Crippen molar-refractivity contribution in [1.29, 1.82) is 0 Å². The molecule has 1 aliphatic rings. The molecule has 1 saturated heterocycles. The number of rotatable bonds is 4. The van der Waals surface area contributed by atoms with Gasteiger partial charge in [0.2, 0.25) is 0 Å². The first-order chi connectivity index (χ1) is 15.1. The number of nitrogens with zero attached hydrogens (tertiary/aromatic N) is 3. The van der Waals surface area contributed by atoms with Crippen LogP contribution in [0.25, 0.3) is 33.4 Å². The summed E-state index contributed by atoms with van der Waals surface area (Å²) in [5.41, 5.74) is 9.57. The van der Waals surface area contributed by atoms with Gasteiger partial charge in [-0.3, -0.25) is 9.78 Å². The Balaban J connectivity index is 1.69. The van der Waals surface area contributed by atoms with Crippen LogP contribution in [-0.4, -0.2) is 40.1 Å². The first-order valence-electron chi connectivity index (χ1n) is 9.76. The van der Waals surface area contributed by atoms with Gasteiger partial charge in [-0.05, 0) is 18.2 Å². The highest BCUT2D eigenvalue weighted by molar-refractivity contribution is 6.35. The predicted octanol–water partition coefficient (Wildman–Crippen LogP) is 3.72. The first kappa shape index (κ1) is 19.4. The quantitative estimate of drug-likeness (QED) is 0.510. The van der Waals surface area contributed by atoms with Gasteiger partial charge in [-0.2, -0.15) is 0 Å². The van der Waals surface area contributed by atoms with Crippen LogP contribution < -0.4 is 11.1 Å². The number of amides is 1. The Morgan fingerprint density at radius 2 is 1.81 bits per heavy atom. The van der Waals surface area contributed by atoms with E-state index in [1.165, 1.54) is 0 Å². The van der Waals surface area contributed by atoms with Crippen molar-refractivity contribution < 1.29 is 9.53 Å². The van der Waals surface area contributed by atoms with Crippen LogP contribution in [0.5, 0.6) is 0 Å². The van der Waals surface area contributed by atoms with Crippen molar-refractivity contribution in [3.05, 3.63) is 71.5 Å². The molecule has 0 unspecified atom stereocenters. The van der Waals surface area contributed by atoms with Gasteiger partial charge in [0, 0.05) is 22.7 Å². The van der Waals surface area contributed by atoms with Crippen LogP contribution in [-0.2, 0) is 4.74 Å². The smallest absolute Gasteiger partial charge is 0.274 e. The van der Waals surface area contributed by atoms with Gasteiger partial charge in [0.1, 0.15) is 0 Å². The first-order valence-corrected chi connectivity index (χ1v) is 10.1. The summed E-state index contributed by atoms with van der Waals surface area (Å²) in [6.45, 7) is 0.947. The summed E-state index contributed by atoms with van der Waals surface area (Å²) in [5.74, 6) is -0.318. The van der Waals surface area contributed by atoms with Crippen LogP contribution in [0, 0.1) is 0 Å². The van der Waals surface area contributed by atoms with E-state index in [9.17, 15) is 4.79 Å². The molecule has 7 nitrogen and oxygen atoms in total. The SMILES string of the molecule is Nc1nc(-c2ccccc2)c(-c2cc(Cl)c3ncccc3c2)nc1C(=O)NC1COC1. The summed E-state index contributed by atoms with van der Waals surface area (Å²) >= 11 is 6.51. The van der Waals surface area contributed by atoms with Gasteiger partial charge in [-0.1, -0.05) is 48.0 Å². The minimum Gasteiger partial charge on any atom is -0.382 e. The Hall–Kier alpha value is -3.55. The number of nitrogens with one attached hydrogen (secondary N) is 1. The highest BCUT2D eigenvalue weighted by atomic mass is 35.5. The molecule has 1 fully saturated rings. The topological polar surface area (TPSA) is 103 Å². The molecular weight excluding hydrogens is 414 g/mol. The molecule has 5 rings (SSSR count). The van der Waals surface area contributed by atoms with Crippen molar-refractivity contribution in [2.24, 2.45) is 0 Å². The van der Waals surface area contributed by atoms with Gasteiger partial charge >= 0.3 is 0 Å². The van der Waals surface area contributed by atoms with Crippen molar-refractivity contribution in [2.75, 3.05) is 18.9 Å². The maximum Gasteiger partial charge on any atom is 0.274 e. The molecule has 3 heterocycles. The van der Waals surface area contributed by atoms with Gasteiger partial charge in [0.25, 0.3) is 5.91 Å².